The first-order chi connectivity index (χ1) is 16.0. The Morgan fingerprint density at radius 2 is 1.50 bits per heavy atom. The van der Waals surface area contributed by atoms with Crippen LogP contribution in [0.15, 0.2) is 0 Å². The zero-order valence-corrected chi connectivity index (χ0v) is 21.9. The molecule has 1 heterocycles. The summed E-state index contributed by atoms with van der Waals surface area (Å²) in [5.74, 6) is -1.84. The van der Waals surface area contributed by atoms with Crippen LogP contribution >= 0.6 is 13.3 Å². The Labute approximate surface area is 214 Å². The Morgan fingerprint density at radius 3 is 1.88 bits per heavy atom. The number of ether oxygens (including phenoxy) is 2. The predicted octanol–water partition coefficient (Wildman–Crippen LogP) is -2.42. The molecule has 0 radical (unpaired) electrons. The Morgan fingerprint density at radius 1 is 1.00 bits per heavy atom. The van der Waals surface area contributed by atoms with E-state index in [2.05, 4.69) is 13.3 Å². The van der Waals surface area contributed by atoms with Crippen molar-refractivity contribution in [3.8, 4) is 0 Å². The van der Waals surface area contributed by atoms with Gasteiger partial charge in [0.25, 0.3) is 0 Å². The van der Waals surface area contributed by atoms with Gasteiger partial charge < -0.3 is 66.9 Å². The van der Waals surface area contributed by atoms with Crippen molar-refractivity contribution in [2.75, 3.05) is 13.2 Å². The molecule has 0 aromatic carbocycles. The van der Waals surface area contributed by atoms with Crippen molar-refractivity contribution >= 4 is 19.3 Å². The van der Waals surface area contributed by atoms with Crippen molar-refractivity contribution in [3.63, 3.8) is 0 Å². The SMILES string of the molecule is O=C(O)C(O)C(O)C(OC1OC(CO)C(O)C(O)C1O)C(O)CO.[Br][Pt].[NH-]C1CCCCC1[NH-]. The Kier molecular flexibility index (Phi) is 17.7. The maximum Gasteiger partial charge on any atom is -0.0548 e. The predicted molar refractivity (Wildman–Crippen MR) is 115 cm³/mol. The fourth-order valence-corrected chi connectivity index (χ4v) is 3.29. The first-order valence-electron chi connectivity index (χ1n) is 10.3. The van der Waals surface area contributed by atoms with Gasteiger partial charge in [0.1, 0.15) is 42.7 Å². The fourth-order valence-electron chi connectivity index (χ4n) is 3.29. The zero-order chi connectivity index (χ0) is 26.6. The van der Waals surface area contributed by atoms with Crippen LogP contribution in [0.4, 0.5) is 0 Å². The zero-order valence-electron chi connectivity index (χ0n) is 18.0. The van der Waals surface area contributed by atoms with Crippen LogP contribution in [0.1, 0.15) is 25.7 Å². The molecular formula is C18H34BrN2O12Pt-2. The maximum absolute atomic E-state index is 10.7. The molecule has 34 heavy (non-hydrogen) atoms. The van der Waals surface area contributed by atoms with Gasteiger partial charge in [0.15, 0.2) is 12.4 Å². The number of carboxylic acid groups (broad SMARTS) is 1. The van der Waals surface area contributed by atoms with Crippen molar-refractivity contribution in [1.82, 2.24) is 0 Å². The van der Waals surface area contributed by atoms with Crippen molar-refractivity contribution in [3.05, 3.63) is 11.5 Å². The second-order valence-corrected chi connectivity index (χ2v) is 7.82. The quantitative estimate of drug-likeness (QED) is 0.126. The molecule has 2 rings (SSSR count). The molecule has 11 atom stereocenters. The molecule has 0 amide bonds. The summed E-state index contributed by atoms with van der Waals surface area (Å²) in [6, 6.07) is -0.160. The van der Waals surface area contributed by atoms with Crippen molar-refractivity contribution in [1.29, 1.82) is 0 Å². The molecule has 0 spiro atoms. The van der Waals surface area contributed by atoms with Crippen LogP contribution in [-0.2, 0) is 32.0 Å². The number of carboxylic acids is 1. The average Bonchev–Trinajstić information content (AvgIpc) is 2.84. The van der Waals surface area contributed by atoms with Gasteiger partial charge in [-0.05, 0) is 0 Å². The minimum absolute atomic E-state index is 0.0799. The van der Waals surface area contributed by atoms with Crippen LogP contribution in [0, 0.1) is 0 Å². The van der Waals surface area contributed by atoms with Crippen LogP contribution in [0.2, 0.25) is 0 Å². The van der Waals surface area contributed by atoms with E-state index in [1.54, 1.807) is 0 Å². The summed E-state index contributed by atoms with van der Waals surface area (Å²) >= 11 is 4.86. The number of halogens is 1. The number of hydrogen-bond donors (Lipinski definition) is 9. The number of aliphatic carboxylic acids is 1. The molecule has 11 unspecified atom stereocenters. The third kappa shape index (κ3) is 10.3. The standard InChI is InChI=1S/C12H22O12.C6H12N2.BrH.Pt/c13-1-3(15)10(7(18)8(19)11(21)22)24-12-9(20)6(17)5(16)4(2-14)23-12;7-5-3-1-2-4-6(5)8;;/h3-10,12-20H,1-2H2,(H,21,22);5-8H,1-4H2;1H;/q;-2;;+1/p-1. The first-order valence-corrected chi connectivity index (χ1v) is 15.3. The number of aliphatic hydroxyl groups excluding tert-OH is 8. The fraction of sp³-hybridized carbons (Fsp3) is 0.944. The number of rotatable bonds is 8. The monoisotopic (exact) mass is 744 g/mol. The van der Waals surface area contributed by atoms with Crippen LogP contribution in [-0.4, -0.2) is 132 Å². The van der Waals surface area contributed by atoms with E-state index in [-0.39, 0.29) is 12.1 Å². The van der Waals surface area contributed by atoms with Gasteiger partial charge in [0, 0.05) is 0 Å². The summed E-state index contributed by atoms with van der Waals surface area (Å²) < 4.78 is 9.98. The van der Waals surface area contributed by atoms with Crippen LogP contribution in [0.5, 0.6) is 0 Å². The summed E-state index contributed by atoms with van der Waals surface area (Å²) in [7, 11) is 0. The van der Waals surface area contributed by atoms with Gasteiger partial charge >= 0.3 is 37.0 Å². The smallest absolute Gasteiger partial charge is 0.0548 e. The molecule has 0 aromatic heterocycles. The molecule has 1 saturated carbocycles. The Balaban J connectivity index is 0.000000904. The van der Waals surface area contributed by atoms with Gasteiger partial charge in [-0.2, -0.15) is 12.1 Å². The molecule has 1 aliphatic heterocycles. The number of aliphatic hydroxyl groups is 8. The molecule has 16 heteroatoms. The molecule has 11 N–H and O–H groups in total. The topological polar surface area (TPSA) is 265 Å². The molecule has 2 fully saturated rings. The molecule has 0 aromatic rings. The van der Waals surface area contributed by atoms with Gasteiger partial charge in [0.05, 0.1) is 13.2 Å². The first kappa shape index (κ1) is 34.2. The van der Waals surface area contributed by atoms with E-state index in [9.17, 15) is 35.4 Å². The van der Waals surface area contributed by atoms with Gasteiger partial charge in [-0.3, -0.25) is 0 Å². The van der Waals surface area contributed by atoms with E-state index in [1.807, 2.05) is 17.8 Å². The summed E-state index contributed by atoms with van der Waals surface area (Å²) in [5, 5.41) is 84.5. The van der Waals surface area contributed by atoms with E-state index < -0.39 is 74.3 Å². The molecule has 207 valence electrons. The van der Waals surface area contributed by atoms with E-state index in [1.165, 1.54) is 12.8 Å². The van der Waals surface area contributed by atoms with Crippen LogP contribution in [0.25, 0.3) is 11.5 Å². The summed E-state index contributed by atoms with van der Waals surface area (Å²) in [5.41, 5.74) is 14.6. The van der Waals surface area contributed by atoms with Gasteiger partial charge in [-0.15, -0.1) is 0 Å². The molecule has 2 aliphatic rings. The van der Waals surface area contributed by atoms with Gasteiger partial charge in [-0.1, -0.05) is 25.7 Å². The molecule has 0 bridgehead atoms. The molecule has 1 saturated heterocycles. The van der Waals surface area contributed by atoms with Crippen molar-refractivity contribution in [2.45, 2.75) is 92.9 Å². The minimum Gasteiger partial charge on any atom is -0.676 e. The van der Waals surface area contributed by atoms with Crippen molar-refractivity contribution < 1.29 is 78.0 Å². The Bertz CT molecular complexity index is 559. The molecule has 1 aliphatic carbocycles. The summed E-state index contributed by atoms with van der Waals surface area (Å²) in [4.78, 5) is 10.7. The molecule has 14 nitrogen and oxygen atoms in total. The second-order valence-electron chi connectivity index (χ2n) is 7.82. The number of nitrogens with one attached hydrogen (secondary N) is 2. The largest absolute Gasteiger partial charge is 0.676 e. The summed E-state index contributed by atoms with van der Waals surface area (Å²) in [6.07, 6.45) is -12.7. The van der Waals surface area contributed by atoms with Crippen molar-refractivity contribution in [2.24, 2.45) is 0 Å². The third-order valence-corrected chi connectivity index (χ3v) is 5.39. The average molecular weight is 745 g/mol. The van der Waals surface area contributed by atoms with Crippen LogP contribution < -0.4 is 0 Å². The van der Waals surface area contributed by atoms with E-state index in [0.29, 0.717) is 0 Å². The summed E-state index contributed by atoms with van der Waals surface area (Å²) in [6.45, 7) is -1.76. The van der Waals surface area contributed by atoms with E-state index in [0.717, 1.165) is 12.8 Å². The molecular weight excluding hydrogens is 711 g/mol. The normalized spacial score (nSPS) is 34.9. The van der Waals surface area contributed by atoms with Crippen LogP contribution in [0.3, 0.4) is 0 Å². The van der Waals surface area contributed by atoms with E-state index >= 15 is 0 Å². The number of carbonyl (C=O) groups is 1. The minimum atomic E-state index is -2.39. The Hall–Kier alpha value is 0.158. The maximum atomic E-state index is 10.7. The second kappa shape index (κ2) is 17.6. The third-order valence-electron chi connectivity index (χ3n) is 5.39. The number of hydrogen-bond acceptors (Lipinski definition) is 11. The van der Waals surface area contributed by atoms with Gasteiger partial charge in [0.2, 0.25) is 0 Å². The van der Waals surface area contributed by atoms with E-state index in [4.69, 9.17) is 36.3 Å². The van der Waals surface area contributed by atoms with Gasteiger partial charge in [-0.25, -0.2) is 4.79 Å².